The highest BCUT2D eigenvalue weighted by Crippen LogP contribution is 2.14. The van der Waals surface area contributed by atoms with Gasteiger partial charge in [0.05, 0.1) is 12.8 Å². The first kappa shape index (κ1) is 14.8. The van der Waals surface area contributed by atoms with Crippen molar-refractivity contribution in [2.45, 2.75) is 6.17 Å². The molecule has 3 rings (SSSR count). The topological polar surface area (TPSA) is 75.6 Å². The van der Waals surface area contributed by atoms with E-state index in [0.717, 1.165) is 11.4 Å². The molecule has 0 bridgehead atoms. The Bertz CT molecular complexity index is 739. The fourth-order valence-corrected chi connectivity index (χ4v) is 2.10. The number of nitrogens with zero attached hydrogens (tertiary/aromatic N) is 2. The van der Waals surface area contributed by atoms with Gasteiger partial charge in [0.1, 0.15) is 17.6 Å². The molecular weight excluding hydrogens is 292 g/mol. The van der Waals surface area contributed by atoms with Crippen molar-refractivity contribution in [3.05, 3.63) is 66.1 Å². The summed E-state index contributed by atoms with van der Waals surface area (Å²) in [4.78, 5) is 20.7. The van der Waals surface area contributed by atoms with E-state index in [1.807, 2.05) is 18.2 Å². The van der Waals surface area contributed by atoms with E-state index in [4.69, 9.17) is 4.74 Å². The molecule has 6 nitrogen and oxygen atoms in total. The molecule has 1 aromatic heterocycles. The molecule has 0 radical (unpaired) electrons. The lowest BCUT2D eigenvalue weighted by Gasteiger charge is -2.19. The van der Waals surface area contributed by atoms with Crippen LogP contribution in [0.25, 0.3) is 5.70 Å². The van der Waals surface area contributed by atoms with Gasteiger partial charge >= 0.3 is 0 Å². The minimum absolute atomic E-state index is 0.189. The molecule has 2 heterocycles. The van der Waals surface area contributed by atoms with Crippen LogP contribution in [0, 0.1) is 0 Å². The third-order valence-corrected chi connectivity index (χ3v) is 3.33. The standard InChI is InChI=1S/C17H16N4O2/c1-23-13-7-5-12(6-8-13)17(22)21-16-11-19-15(10-20-16)14-4-2-3-9-18-14/h2-11,16,20H,1H3,(H,21,22). The molecule has 1 aliphatic heterocycles. The summed E-state index contributed by atoms with van der Waals surface area (Å²) in [5, 5.41) is 5.92. The Morgan fingerprint density at radius 1 is 1.22 bits per heavy atom. The van der Waals surface area contributed by atoms with E-state index in [-0.39, 0.29) is 12.1 Å². The maximum atomic E-state index is 12.2. The van der Waals surface area contributed by atoms with Crippen LogP contribution in [-0.4, -0.2) is 30.4 Å². The molecule has 0 saturated heterocycles. The van der Waals surface area contributed by atoms with Crippen molar-refractivity contribution in [1.29, 1.82) is 0 Å². The van der Waals surface area contributed by atoms with Crippen molar-refractivity contribution < 1.29 is 9.53 Å². The molecule has 6 heteroatoms. The second-order valence-electron chi connectivity index (χ2n) is 4.87. The normalized spacial score (nSPS) is 16.2. The number of benzene rings is 1. The first-order chi connectivity index (χ1) is 11.3. The number of aliphatic imine (C=N–C) groups is 1. The number of rotatable bonds is 4. The Balaban J connectivity index is 1.61. The zero-order chi connectivity index (χ0) is 16.1. The van der Waals surface area contributed by atoms with Crippen LogP contribution in [0.1, 0.15) is 16.1 Å². The number of carbonyl (C=O) groups excluding carboxylic acids is 1. The van der Waals surface area contributed by atoms with Crippen LogP contribution in [0.15, 0.2) is 59.9 Å². The first-order valence-corrected chi connectivity index (χ1v) is 7.13. The Labute approximate surface area is 133 Å². The largest absolute Gasteiger partial charge is 0.497 e. The second-order valence-corrected chi connectivity index (χ2v) is 4.87. The summed E-state index contributed by atoms with van der Waals surface area (Å²) in [5.74, 6) is 0.521. The van der Waals surface area contributed by atoms with Crippen molar-refractivity contribution in [3.63, 3.8) is 0 Å². The number of methoxy groups -OCH3 is 1. The molecule has 0 aliphatic carbocycles. The molecule has 1 aliphatic rings. The summed E-state index contributed by atoms with van der Waals surface area (Å²) in [7, 11) is 1.59. The molecule has 2 N–H and O–H groups in total. The summed E-state index contributed by atoms with van der Waals surface area (Å²) < 4.78 is 5.07. The summed E-state index contributed by atoms with van der Waals surface area (Å²) in [6.07, 6.45) is 4.73. The number of carbonyl (C=O) groups is 1. The summed E-state index contributed by atoms with van der Waals surface area (Å²) in [6, 6.07) is 12.5. The van der Waals surface area contributed by atoms with Crippen molar-refractivity contribution in [2.24, 2.45) is 4.99 Å². The second kappa shape index (κ2) is 6.74. The van der Waals surface area contributed by atoms with Crippen LogP contribution in [0.4, 0.5) is 0 Å². The zero-order valence-electron chi connectivity index (χ0n) is 12.6. The molecule has 1 aromatic carbocycles. The average molecular weight is 308 g/mol. The van der Waals surface area contributed by atoms with Gasteiger partial charge in [0.25, 0.3) is 5.91 Å². The molecule has 0 spiro atoms. The highest BCUT2D eigenvalue weighted by Gasteiger charge is 2.14. The van der Waals surface area contributed by atoms with E-state index < -0.39 is 0 Å². The molecule has 1 atom stereocenters. The number of aromatic nitrogens is 1. The maximum absolute atomic E-state index is 12.2. The van der Waals surface area contributed by atoms with Gasteiger partial charge in [0.2, 0.25) is 0 Å². The number of hydrogen-bond donors (Lipinski definition) is 2. The quantitative estimate of drug-likeness (QED) is 0.903. The predicted molar refractivity (Wildman–Crippen MR) is 88.1 cm³/mol. The van der Waals surface area contributed by atoms with E-state index in [1.165, 1.54) is 0 Å². The number of nitrogens with one attached hydrogen (secondary N) is 2. The van der Waals surface area contributed by atoms with Crippen molar-refractivity contribution in [1.82, 2.24) is 15.6 Å². The van der Waals surface area contributed by atoms with Crippen LogP contribution < -0.4 is 15.4 Å². The lowest BCUT2D eigenvalue weighted by Crippen LogP contribution is -2.45. The van der Waals surface area contributed by atoms with E-state index in [2.05, 4.69) is 20.6 Å². The summed E-state index contributed by atoms with van der Waals surface area (Å²) >= 11 is 0. The minimum atomic E-state index is -0.364. The van der Waals surface area contributed by atoms with E-state index in [0.29, 0.717) is 11.3 Å². The predicted octanol–water partition coefficient (Wildman–Crippen LogP) is 1.82. The molecule has 1 amide bonds. The van der Waals surface area contributed by atoms with Gasteiger partial charge in [0.15, 0.2) is 0 Å². The molecule has 116 valence electrons. The highest BCUT2D eigenvalue weighted by atomic mass is 16.5. The smallest absolute Gasteiger partial charge is 0.253 e. The fourth-order valence-electron chi connectivity index (χ4n) is 2.10. The van der Waals surface area contributed by atoms with Gasteiger partial charge < -0.3 is 15.4 Å². The van der Waals surface area contributed by atoms with Gasteiger partial charge in [-0.1, -0.05) is 6.07 Å². The van der Waals surface area contributed by atoms with Gasteiger partial charge in [-0.2, -0.15) is 0 Å². The average Bonchev–Trinajstić information content (AvgIpc) is 2.63. The summed E-state index contributed by atoms with van der Waals surface area (Å²) in [5.41, 5.74) is 2.05. The van der Waals surface area contributed by atoms with Crippen LogP contribution in [-0.2, 0) is 0 Å². The van der Waals surface area contributed by atoms with E-state index >= 15 is 0 Å². The van der Waals surface area contributed by atoms with Crippen LogP contribution in [0.3, 0.4) is 0 Å². The Morgan fingerprint density at radius 2 is 2.04 bits per heavy atom. The maximum Gasteiger partial charge on any atom is 0.253 e. The number of amides is 1. The Hall–Kier alpha value is -3.15. The fraction of sp³-hybridized carbons (Fsp3) is 0.118. The van der Waals surface area contributed by atoms with Crippen LogP contribution in [0.5, 0.6) is 5.75 Å². The SMILES string of the molecule is COc1ccc(C(=O)NC2C=NC(c3ccccn3)=CN2)cc1. The molecule has 0 saturated carbocycles. The summed E-state index contributed by atoms with van der Waals surface area (Å²) in [6.45, 7) is 0. The molecule has 0 fully saturated rings. The van der Waals surface area contributed by atoms with E-state index in [1.54, 1.807) is 50.0 Å². The number of pyridine rings is 1. The Morgan fingerprint density at radius 3 is 2.65 bits per heavy atom. The van der Waals surface area contributed by atoms with Crippen molar-refractivity contribution in [3.8, 4) is 5.75 Å². The molecule has 23 heavy (non-hydrogen) atoms. The number of hydrogen-bond acceptors (Lipinski definition) is 5. The minimum Gasteiger partial charge on any atom is -0.497 e. The number of ether oxygens (including phenoxy) is 1. The third-order valence-electron chi connectivity index (χ3n) is 3.33. The van der Waals surface area contributed by atoms with Gasteiger partial charge in [-0.3, -0.25) is 14.8 Å². The molecular formula is C17H16N4O2. The monoisotopic (exact) mass is 308 g/mol. The Kier molecular flexibility index (Phi) is 4.33. The van der Waals surface area contributed by atoms with Crippen molar-refractivity contribution >= 4 is 17.8 Å². The van der Waals surface area contributed by atoms with E-state index in [9.17, 15) is 4.79 Å². The van der Waals surface area contributed by atoms with Gasteiger partial charge in [0, 0.05) is 24.2 Å². The van der Waals surface area contributed by atoms with Gasteiger partial charge in [-0.25, -0.2) is 0 Å². The first-order valence-electron chi connectivity index (χ1n) is 7.13. The van der Waals surface area contributed by atoms with Gasteiger partial charge in [-0.05, 0) is 36.4 Å². The molecule has 1 unspecified atom stereocenters. The molecule has 2 aromatic rings. The lowest BCUT2D eigenvalue weighted by atomic mass is 10.2. The third kappa shape index (κ3) is 3.55. The van der Waals surface area contributed by atoms with Crippen LogP contribution in [0.2, 0.25) is 0 Å². The lowest BCUT2D eigenvalue weighted by molar-refractivity contribution is 0.0944. The van der Waals surface area contributed by atoms with Gasteiger partial charge in [-0.15, -0.1) is 0 Å². The zero-order valence-corrected chi connectivity index (χ0v) is 12.6. The van der Waals surface area contributed by atoms with Crippen molar-refractivity contribution in [2.75, 3.05) is 7.11 Å². The highest BCUT2D eigenvalue weighted by molar-refractivity contribution is 5.96. The van der Waals surface area contributed by atoms with Crippen LogP contribution >= 0.6 is 0 Å².